The molecule has 0 radical (unpaired) electrons. The number of nitrogens with one attached hydrogen (secondary N) is 1. The van der Waals surface area contributed by atoms with Crippen molar-refractivity contribution in [2.75, 3.05) is 26.6 Å². The SMILES string of the molecule is COc1cc(C(=O)Nc2cccc(C(C)=O)c2)c(Br)c(OC)c1OC. The van der Waals surface area contributed by atoms with Crippen molar-refractivity contribution < 1.29 is 23.8 Å². The summed E-state index contributed by atoms with van der Waals surface area (Å²) in [7, 11) is 4.43. The molecule has 0 aliphatic rings. The van der Waals surface area contributed by atoms with Gasteiger partial charge in [-0.2, -0.15) is 0 Å². The predicted octanol–water partition coefficient (Wildman–Crippen LogP) is 3.93. The minimum Gasteiger partial charge on any atom is -0.493 e. The molecule has 2 aromatic carbocycles. The summed E-state index contributed by atoms with van der Waals surface area (Å²) in [5.74, 6) is 0.638. The van der Waals surface area contributed by atoms with Crippen LogP contribution >= 0.6 is 15.9 Å². The summed E-state index contributed by atoms with van der Waals surface area (Å²) >= 11 is 3.37. The van der Waals surface area contributed by atoms with E-state index < -0.39 is 0 Å². The summed E-state index contributed by atoms with van der Waals surface area (Å²) in [5.41, 5.74) is 1.34. The Morgan fingerprint density at radius 1 is 1.00 bits per heavy atom. The molecule has 25 heavy (non-hydrogen) atoms. The Kier molecular flexibility index (Phi) is 6.03. The number of Topliss-reactive ketones (excluding diaryl/α,β-unsaturated/α-hetero) is 1. The monoisotopic (exact) mass is 407 g/mol. The Labute approximate surface area is 154 Å². The summed E-state index contributed by atoms with van der Waals surface area (Å²) in [5, 5.41) is 2.76. The smallest absolute Gasteiger partial charge is 0.257 e. The van der Waals surface area contributed by atoms with E-state index in [-0.39, 0.29) is 11.7 Å². The molecule has 0 aliphatic heterocycles. The summed E-state index contributed by atoms with van der Waals surface area (Å²) in [6.07, 6.45) is 0. The van der Waals surface area contributed by atoms with Gasteiger partial charge in [0.25, 0.3) is 5.91 Å². The number of rotatable bonds is 6. The maximum absolute atomic E-state index is 12.7. The van der Waals surface area contributed by atoms with Crippen LogP contribution in [0.1, 0.15) is 27.6 Å². The van der Waals surface area contributed by atoms with Gasteiger partial charge in [-0.05, 0) is 41.1 Å². The fourth-order valence-electron chi connectivity index (χ4n) is 2.30. The third kappa shape index (κ3) is 3.93. The lowest BCUT2D eigenvalue weighted by molar-refractivity contribution is 0.101. The number of ketones is 1. The second kappa shape index (κ2) is 8.02. The molecule has 0 saturated carbocycles. The largest absolute Gasteiger partial charge is 0.493 e. The van der Waals surface area contributed by atoms with E-state index in [4.69, 9.17) is 14.2 Å². The molecule has 1 N–H and O–H groups in total. The summed E-state index contributed by atoms with van der Waals surface area (Å²) in [4.78, 5) is 24.2. The number of benzene rings is 2. The van der Waals surface area contributed by atoms with Crippen LogP contribution in [0, 0.1) is 0 Å². The molecule has 0 aliphatic carbocycles. The van der Waals surface area contributed by atoms with E-state index in [2.05, 4.69) is 21.2 Å². The quantitative estimate of drug-likeness (QED) is 0.734. The minimum absolute atomic E-state index is 0.0786. The van der Waals surface area contributed by atoms with Gasteiger partial charge in [-0.3, -0.25) is 9.59 Å². The standard InChI is InChI=1S/C18H18BrNO5/c1-10(21)11-6-5-7-12(8-11)20-18(22)13-9-14(23-2)16(24-3)17(25-4)15(13)19/h5-9H,1-4H3,(H,20,22). The molecular formula is C18H18BrNO5. The summed E-state index contributed by atoms with van der Waals surface area (Å²) < 4.78 is 16.3. The normalized spacial score (nSPS) is 10.1. The number of amides is 1. The number of carbonyl (C=O) groups is 2. The van der Waals surface area contributed by atoms with Crippen molar-refractivity contribution in [1.29, 1.82) is 0 Å². The van der Waals surface area contributed by atoms with Gasteiger partial charge in [-0.1, -0.05) is 12.1 Å². The van der Waals surface area contributed by atoms with Crippen LogP contribution in [0.2, 0.25) is 0 Å². The molecule has 0 spiro atoms. The topological polar surface area (TPSA) is 73.9 Å². The van der Waals surface area contributed by atoms with E-state index in [0.717, 1.165) is 0 Å². The molecule has 0 atom stereocenters. The molecular weight excluding hydrogens is 390 g/mol. The van der Waals surface area contributed by atoms with Crippen molar-refractivity contribution in [3.8, 4) is 17.2 Å². The maximum atomic E-state index is 12.7. The molecule has 132 valence electrons. The first kappa shape index (κ1) is 18.8. The average molecular weight is 408 g/mol. The van der Waals surface area contributed by atoms with Crippen LogP contribution in [-0.4, -0.2) is 33.0 Å². The van der Waals surface area contributed by atoms with E-state index in [1.165, 1.54) is 28.3 Å². The Balaban J connectivity index is 2.42. The Bertz CT molecular complexity index is 819. The lowest BCUT2D eigenvalue weighted by Gasteiger charge is -2.16. The van der Waals surface area contributed by atoms with Crippen molar-refractivity contribution >= 4 is 33.3 Å². The second-order valence-corrected chi connectivity index (χ2v) is 5.89. The number of hydrogen-bond acceptors (Lipinski definition) is 5. The van der Waals surface area contributed by atoms with Gasteiger partial charge in [0.1, 0.15) is 0 Å². The summed E-state index contributed by atoms with van der Waals surface area (Å²) in [6, 6.07) is 8.27. The molecule has 2 rings (SSSR count). The van der Waals surface area contributed by atoms with Gasteiger partial charge >= 0.3 is 0 Å². The van der Waals surface area contributed by atoms with Gasteiger partial charge in [0.15, 0.2) is 17.3 Å². The molecule has 1 amide bonds. The van der Waals surface area contributed by atoms with Crippen LogP contribution < -0.4 is 19.5 Å². The van der Waals surface area contributed by atoms with E-state index in [1.54, 1.807) is 30.3 Å². The first-order valence-electron chi connectivity index (χ1n) is 7.33. The van der Waals surface area contributed by atoms with Crippen molar-refractivity contribution in [3.63, 3.8) is 0 Å². The number of anilines is 1. The fourth-order valence-corrected chi connectivity index (χ4v) is 2.94. The van der Waals surface area contributed by atoms with Gasteiger partial charge in [0.2, 0.25) is 5.75 Å². The first-order chi connectivity index (χ1) is 11.9. The summed E-state index contributed by atoms with van der Waals surface area (Å²) in [6.45, 7) is 1.47. The van der Waals surface area contributed by atoms with Crippen LogP contribution in [0.15, 0.2) is 34.8 Å². The van der Waals surface area contributed by atoms with Crippen molar-refractivity contribution in [3.05, 3.63) is 45.9 Å². The molecule has 6 nitrogen and oxygen atoms in total. The number of halogens is 1. The predicted molar refractivity (Wildman–Crippen MR) is 98.2 cm³/mol. The molecule has 0 bridgehead atoms. The molecule has 0 unspecified atom stereocenters. The number of carbonyl (C=O) groups excluding carboxylic acids is 2. The Morgan fingerprint density at radius 3 is 2.24 bits per heavy atom. The van der Waals surface area contributed by atoms with Crippen LogP contribution in [0.5, 0.6) is 17.2 Å². The van der Waals surface area contributed by atoms with Crippen molar-refractivity contribution in [2.45, 2.75) is 6.92 Å². The van der Waals surface area contributed by atoms with E-state index in [0.29, 0.717) is 38.5 Å². The molecule has 0 saturated heterocycles. The van der Waals surface area contributed by atoms with E-state index in [1.807, 2.05) is 0 Å². The van der Waals surface area contributed by atoms with Crippen LogP contribution in [-0.2, 0) is 0 Å². The Morgan fingerprint density at radius 2 is 1.68 bits per heavy atom. The first-order valence-corrected chi connectivity index (χ1v) is 8.13. The zero-order chi connectivity index (χ0) is 18.6. The highest BCUT2D eigenvalue weighted by molar-refractivity contribution is 9.10. The van der Waals surface area contributed by atoms with Crippen LogP contribution in [0.4, 0.5) is 5.69 Å². The highest BCUT2D eigenvalue weighted by atomic mass is 79.9. The van der Waals surface area contributed by atoms with Crippen LogP contribution in [0.25, 0.3) is 0 Å². The lowest BCUT2D eigenvalue weighted by atomic mass is 10.1. The molecule has 0 heterocycles. The highest BCUT2D eigenvalue weighted by Crippen LogP contribution is 2.44. The van der Waals surface area contributed by atoms with Gasteiger partial charge in [0, 0.05) is 11.3 Å². The highest BCUT2D eigenvalue weighted by Gasteiger charge is 2.23. The van der Waals surface area contributed by atoms with E-state index >= 15 is 0 Å². The number of hydrogen-bond donors (Lipinski definition) is 1. The number of ether oxygens (including phenoxy) is 3. The lowest BCUT2D eigenvalue weighted by Crippen LogP contribution is -2.14. The Hall–Kier alpha value is -2.54. The maximum Gasteiger partial charge on any atom is 0.257 e. The third-order valence-corrected chi connectivity index (χ3v) is 4.33. The molecule has 7 heteroatoms. The minimum atomic E-state index is -0.383. The fraction of sp³-hybridized carbons (Fsp3) is 0.222. The van der Waals surface area contributed by atoms with Gasteiger partial charge in [-0.25, -0.2) is 0 Å². The van der Waals surface area contributed by atoms with E-state index in [9.17, 15) is 9.59 Å². The number of methoxy groups -OCH3 is 3. The zero-order valence-corrected chi connectivity index (χ0v) is 15.9. The zero-order valence-electron chi connectivity index (χ0n) is 14.3. The average Bonchev–Trinajstić information content (AvgIpc) is 2.61. The molecule has 2 aromatic rings. The van der Waals surface area contributed by atoms with Gasteiger partial charge < -0.3 is 19.5 Å². The van der Waals surface area contributed by atoms with Gasteiger partial charge in [-0.15, -0.1) is 0 Å². The van der Waals surface area contributed by atoms with Crippen molar-refractivity contribution in [2.24, 2.45) is 0 Å². The second-order valence-electron chi connectivity index (χ2n) is 5.10. The van der Waals surface area contributed by atoms with Crippen LogP contribution in [0.3, 0.4) is 0 Å². The molecule has 0 aromatic heterocycles. The van der Waals surface area contributed by atoms with Gasteiger partial charge in [0.05, 0.1) is 31.4 Å². The molecule has 0 fully saturated rings. The third-order valence-electron chi connectivity index (χ3n) is 3.54. The van der Waals surface area contributed by atoms with Crippen molar-refractivity contribution in [1.82, 2.24) is 0 Å².